The Bertz CT molecular complexity index is 365. The molecule has 0 amide bonds. The Morgan fingerprint density at radius 3 is 2.75 bits per heavy atom. The van der Waals surface area contributed by atoms with E-state index < -0.39 is 0 Å². The molecular formula is C12H22N4. The molecule has 2 rings (SSSR count). The molecule has 1 aliphatic rings. The molecular weight excluding hydrogens is 200 g/mol. The highest BCUT2D eigenvalue weighted by atomic mass is 15.3. The van der Waals surface area contributed by atoms with Gasteiger partial charge in [0.25, 0.3) is 0 Å². The van der Waals surface area contributed by atoms with E-state index in [0.717, 1.165) is 42.0 Å². The first-order chi connectivity index (χ1) is 7.63. The first kappa shape index (κ1) is 11.3. The third kappa shape index (κ3) is 2.15. The van der Waals surface area contributed by atoms with Crippen LogP contribution in [0.1, 0.15) is 32.4 Å². The normalized spacial score (nSPS) is 17.4. The van der Waals surface area contributed by atoms with Crippen molar-refractivity contribution in [1.29, 1.82) is 0 Å². The highest BCUT2D eigenvalue weighted by Gasteiger charge is 2.27. The van der Waals surface area contributed by atoms with Crippen molar-refractivity contribution >= 4 is 11.5 Å². The number of aryl methyl sites for hydroxylation is 2. The molecule has 0 spiro atoms. The summed E-state index contributed by atoms with van der Waals surface area (Å²) in [6.07, 6.45) is 3.67. The van der Waals surface area contributed by atoms with Gasteiger partial charge in [-0.05, 0) is 31.1 Å². The van der Waals surface area contributed by atoms with Gasteiger partial charge in [-0.15, -0.1) is 0 Å². The summed E-state index contributed by atoms with van der Waals surface area (Å²) in [7, 11) is 1.94. The van der Waals surface area contributed by atoms with E-state index in [1.165, 1.54) is 12.8 Å². The zero-order valence-electron chi connectivity index (χ0n) is 10.5. The Labute approximate surface area is 97.2 Å². The third-order valence-corrected chi connectivity index (χ3v) is 3.51. The number of aromatic nitrogens is 2. The van der Waals surface area contributed by atoms with Crippen LogP contribution in [-0.2, 0) is 13.5 Å². The first-order valence-electron chi connectivity index (χ1n) is 6.18. The molecule has 1 atom stereocenters. The summed E-state index contributed by atoms with van der Waals surface area (Å²) in [6, 6.07) is 0. The van der Waals surface area contributed by atoms with E-state index in [0.29, 0.717) is 0 Å². The van der Waals surface area contributed by atoms with Crippen LogP contribution in [0.4, 0.5) is 11.5 Å². The summed E-state index contributed by atoms with van der Waals surface area (Å²) in [5.41, 5.74) is 7.85. The van der Waals surface area contributed by atoms with E-state index in [9.17, 15) is 0 Å². The van der Waals surface area contributed by atoms with Crippen LogP contribution < -0.4 is 11.1 Å². The molecule has 4 nitrogen and oxygen atoms in total. The third-order valence-electron chi connectivity index (χ3n) is 3.51. The summed E-state index contributed by atoms with van der Waals surface area (Å²) in [6.45, 7) is 5.38. The van der Waals surface area contributed by atoms with Gasteiger partial charge in [-0.25, -0.2) is 0 Å². The van der Waals surface area contributed by atoms with Gasteiger partial charge in [0.15, 0.2) is 0 Å². The van der Waals surface area contributed by atoms with Crippen LogP contribution in [0.3, 0.4) is 0 Å². The maximum atomic E-state index is 6.05. The van der Waals surface area contributed by atoms with Crippen LogP contribution >= 0.6 is 0 Å². The second-order valence-electron chi connectivity index (χ2n) is 4.88. The van der Waals surface area contributed by atoms with Crippen molar-refractivity contribution in [2.75, 3.05) is 17.6 Å². The monoisotopic (exact) mass is 222 g/mol. The van der Waals surface area contributed by atoms with Gasteiger partial charge in [0.2, 0.25) is 0 Å². The van der Waals surface area contributed by atoms with Gasteiger partial charge in [0.05, 0.1) is 11.4 Å². The van der Waals surface area contributed by atoms with Crippen molar-refractivity contribution in [3.8, 4) is 0 Å². The molecule has 0 saturated heterocycles. The molecule has 1 saturated carbocycles. The lowest BCUT2D eigenvalue weighted by Gasteiger charge is -2.13. The van der Waals surface area contributed by atoms with Crippen LogP contribution in [0.5, 0.6) is 0 Å². The molecule has 1 aromatic heterocycles. The van der Waals surface area contributed by atoms with Crippen molar-refractivity contribution in [3.63, 3.8) is 0 Å². The second kappa shape index (κ2) is 4.36. The van der Waals surface area contributed by atoms with Crippen LogP contribution in [0.25, 0.3) is 0 Å². The number of anilines is 2. The van der Waals surface area contributed by atoms with E-state index >= 15 is 0 Å². The van der Waals surface area contributed by atoms with Crippen LogP contribution in [-0.4, -0.2) is 16.3 Å². The van der Waals surface area contributed by atoms with Crippen LogP contribution in [0, 0.1) is 11.8 Å². The largest absolute Gasteiger partial charge is 0.394 e. The lowest BCUT2D eigenvalue weighted by molar-refractivity contribution is 0.534. The smallest absolute Gasteiger partial charge is 0.147 e. The van der Waals surface area contributed by atoms with E-state index in [2.05, 4.69) is 24.3 Å². The van der Waals surface area contributed by atoms with Gasteiger partial charge >= 0.3 is 0 Å². The van der Waals surface area contributed by atoms with Gasteiger partial charge in [0, 0.05) is 13.6 Å². The van der Waals surface area contributed by atoms with Gasteiger partial charge < -0.3 is 11.1 Å². The van der Waals surface area contributed by atoms with E-state index in [-0.39, 0.29) is 0 Å². The number of hydrogen-bond acceptors (Lipinski definition) is 3. The van der Waals surface area contributed by atoms with Gasteiger partial charge in [-0.1, -0.05) is 13.8 Å². The van der Waals surface area contributed by atoms with E-state index in [1.807, 2.05) is 11.7 Å². The van der Waals surface area contributed by atoms with Gasteiger partial charge in [-0.2, -0.15) is 5.10 Å². The Balaban J connectivity index is 1.99. The fourth-order valence-corrected chi connectivity index (χ4v) is 2.16. The molecule has 0 bridgehead atoms. The summed E-state index contributed by atoms with van der Waals surface area (Å²) in [4.78, 5) is 0. The molecule has 1 heterocycles. The molecule has 1 fully saturated rings. The van der Waals surface area contributed by atoms with Crippen LogP contribution in [0.2, 0.25) is 0 Å². The van der Waals surface area contributed by atoms with Crippen molar-refractivity contribution in [2.24, 2.45) is 18.9 Å². The Morgan fingerprint density at radius 2 is 2.25 bits per heavy atom. The second-order valence-corrected chi connectivity index (χ2v) is 4.88. The fourth-order valence-electron chi connectivity index (χ4n) is 2.16. The molecule has 3 N–H and O–H groups in total. The summed E-state index contributed by atoms with van der Waals surface area (Å²) >= 11 is 0. The van der Waals surface area contributed by atoms with Gasteiger partial charge in [-0.3, -0.25) is 4.68 Å². The molecule has 90 valence electrons. The molecule has 0 aliphatic heterocycles. The standard InChI is InChI=1S/C12H22N4/c1-4-10-11(13)12(16(3)15-10)14-7-8(2)9-5-6-9/h8-9,14H,4-7,13H2,1-3H3. The number of hydrogen-bond donors (Lipinski definition) is 2. The number of nitrogens with zero attached hydrogens (tertiary/aromatic N) is 2. The summed E-state index contributed by atoms with van der Waals surface area (Å²) < 4.78 is 1.85. The molecule has 1 aromatic rings. The molecule has 1 unspecified atom stereocenters. The van der Waals surface area contributed by atoms with Crippen molar-refractivity contribution in [2.45, 2.75) is 33.1 Å². The molecule has 0 radical (unpaired) electrons. The minimum atomic E-state index is 0.736. The number of rotatable bonds is 5. The minimum absolute atomic E-state index is 0.736. The molecule has 1 aliphatic carbocycles. The zero-order chi connectivity index (χ0) is 11.7. The molecule has 4 heteroatoms. The average Bonchev–Trinajstić information content (AvgIpc) is 3.05. The lowest BCUT2D eigenvalue weighted by atomic mass is 10.1. The minimum Gasteiger partial charge on any atom is -0.394 e. The van der Waals surface area contributed by atoms with Crippen molar-refractivity contribution in [1.82, 2.24) is 9.78 Å². The molecule has 0 aromatic carbocycles. The Kier molecular flexibility index (Phi) is 3.08. The topological polar surface area (TPSA) is 55.9 Å². The van der Waals surface area contributed by atoms with Crippen LogP contribution in [0.15, 0.2) is 0 Å². The Morgan fingerprint density at radius 1 is 1.56 bits per heavy atom. The maximum Gasteiger partial charge on any atom is 0.147 e. The Hall–Kier alpha value is -1.19. The maximum absolute atomic E-state index is 6.05. The van der Waals surface area contributed by atoms with E-state index in [1.54, 1.807) is 0 Å². The zero-order valence-corrected chi connectivity index (χ0v) is 10.5. The first-order valence-corrected chi connectivity index (χ1v) is 6.18. The van der Waals surface area contributed by atoms with Gasteiger partial charge in [0.1, 0.15) is 5.82 Å². The van der Waals surface area contributed by atoms with Crippen molar-refractivity contribution < 1.29 is 0 Å². The fraction of sp³-hybridized carbons (Fsp3) is 0.750. The molecule has 16 heavy (non-hydrogen) atoms. The quantitative estimate of drug-likeness (QED) is 0.801. The predicted molar refractivity (Wildman–Crippen MR) is 67.4 cm³/mol. The van der Waals surface area contributed by atoms with E-state index in [4.69, 9.17) is 5.73 Å². The number of nitrogens with one attached hydrogen (secondary N) is 1. The van der Waals surface area contributed by atoms with Crippen molar-refractivity contribution in [3.05, 3.63) is 5.69 Å². The highest BCUT2D eigenvalue weighted by molar-refractivity contribution is 5.64. The highest BCUT2D eigenvalue weighted by Crippen LogP contribution is 2.36. The predicted octanol–water partition coefficient (Wildman–Crippen LogP) is 2.02. The average molecular weight is 222 g/mol. The SMILES string of the molecule is CCc1nn(C)c(NCC(C)C2CC2)c1N. The summed E-state index contributed by atoms with van der Waals surface area (Å²) in [5, 5.41) is 7.83. The summed E-state index contributed by atoms with van der Waals surface area (Å²) in [5.74, 6) is 2.64. The number of nitrogens with two attached hydrogens (primary N) is 1. The number of nitrogen functional groups attached to an aromatic ring is 1. The lowest BCUT2D eigenvalue weighted by Crippen LogP contribution is -2.15.